The van der Waals surface area contributed by atoms with Crippen LogP contribution in [0.15, 0.2) is 18.2 Å². The monoisotopic (exact) mass is 242 g/mol. The van der Waals surface area contributed by atoms with Crippen LogP contribution < -0.4 is 0 Å². The standard InChI is InChI=1S/C12H12ClFO2/c13-9-5-3-4-8(10(9)14)12(11(15)16)6-1-2-7-12/h3-5H,1-2,6-7H2,(H,15,16). The Bertz CT molecular complexity index is 425. The molecule has 0 unspecified atom stereocenters. The predicted molar refractivity (Wildman–Crippen MR) is 59.2 cm³/mol. The number of halogens is 2. The second-order valence-corrected chi connectivity index (χ2v) is 4.60. The third-order valence-electron chi connectivity index (χ3n) is 3.33. The highest BCUT2D eigenvalue weighted by atomic mass is 35.5. The Kier molecular flexibility index (Phi) is 2.89. The number of carbonyl (C=O) groups is 1. The van der Waals surface area contributed by atoms with Crippen LogP contribution in [0.4, 0.5) is 4.39 Å². The van der Waals surface area contributed by atoms with Crippen molar-refractivity contribution in [1.82, 2.24) is 0 Å². The first-order chi connectivity index (χ1) is 7.58. The lowest BCUT2D eigenvalue weighted by molar-refractivity contribution is -0.143. The molecular formula is C12H12ClFO2. The minimum Gasteiger partial charge on any atom is -0.481 e. The first kappa shape index (κ1) is 11.4. The molecule has 2 nitrogen and oxygen atoms in total. The molecular weight excluding hydrogens is 231 g/mol. The van der Waals surface area contributed by atoms with Crippen LogP contribution in [-0.2, 0) is 10.2 Å². The van der Waals surface area contributed by atoms with Crippen LogP contribution >= 0.6 is 11.6 Å². The molecule has 0 aliphatic heterocycles. The molecule has 0 spiro atoms. The summed E-state index contributed by atoms with van der Waals surface area (Å²) in [5.74, 6) is -1.54. The molecule has 1 N–H and O–H groups in total. The average molecular weight is 243 g/mol. The number of benzene rings is 1. The maximum atomic E-state index is 13.9. The molecule has 1 aromatic rings. The Labute approximate surface area is 98.0 Å². The van der Waals surface area contributed by atoms with Gasteiger partial charge in [-0.2, -0.15) is 0 Å². The zero-order chi connectivity index (χ0) is 11.8. The van der Waals surface area contributed by atoms with Crippen LogP contribution in [0, 0.1) is 5.82 Å². The van der Waals surface area contributed by atoms with E-state index >= 15 is 0 Å². The van der Waals surface area contributed by atoms with E-state index in [1.165, 1.54) is 12.1 Å². The van der Waals surface area contributed by atoms with Crippen LogP contribution in [0.3, 0.4) is 0 Å². The maximum Gasteiger partial charge on any atom is 0.314 e. The van der Waals surface area contributed by atoms with Gasteiger partial charge in [-0.1, -0.05) is 36.6 Å². The Hall–Kier alpha value is -1.09. The minimum absolute atomic E-state index is 0.00924. The fourth-order valence-electron chi connectivity index (χ4n) is 2.45. The first-order valence-electron chi connectivity index (χ1n) is 5.26. The summed E-state index contributed by atoms with van der Waals surface area (Å²) in [6, 6.07) is 4.56. The van der Waals surface area contributed by atoms with Crippen molar-refractivity contribution in [2.45, 2.75) is 31.1 Å². The van der Waals surface area contributed by atoms with Crippen molar-refractivity contribution in [2.24, 2.45) is 0 Å². The van der Waals surface area contributed by atoms with E-state index in [4.69, 9.17) is 11.6 Å². The van der Waals surface area contributed by atoms with E-state index in [9.17, 15) is 14.3 Å². The maximum absolute atomic E-state index is 13.9. The van der Waals surface area contributed by atoms with Gasteiger partial charge >= 0.3 is 5.97 Å². The number of hydrogen-bond acceptors (Lipinski definition) is 1. The van der Waals surface area contributed by atoms with Crippen molar-refractivity contribution in [2.75, 3.05) is 0 Å². The summed E-state index contributed by atoms with van der Waals surface area (Å²) in [5, 5.41) is 9.31. The largest absolute Gasteiger partial charge is 0.481 e. The molecule has 0 radical (unpaired) electrons. The van der Waals surface area contributed by atoms with E-state index < -0.39 is 17.2 Å². The fourth-order valence-corrected chi connectivity index (χ4v) is 2.62. The van der Waals surface area contributed by atoms with Crippen molar-refractivity contribution >= 4 is 17.6 Å². The molecule has 2 rings (SSSR count). The smallest absolute Gasteiger partial charge is 0.314 e. The molecule has 1 aromatic carbocycles. The van der Waals surface area contributed by atoms with Crippen LogP contribution in [0.2, 0.25) is 5.02 Å². The normalized spacial score (nSPS) is 18.6. The van der Waals surface area contributed by atoms with Gasteiger partial charge in [0.15, 0.2) is 0 Å². The fraction of sp³-hybridized carbons (Fsp3) is 0.417. The summed E-state index contributed by atoms with van der Waals surface area (Å²) < 4.78 is 13.9. The number of hydrogen-bond donors (Lipinski definition) is 1. The van der Waals surface area contributed by atoms with Gasteiger partial charge in [0.25, 0.3) is 0 Å². The molecule has 1 aliphatic carbocycles. The van der Waals surface area contributed by atoms with Crippen LogP contribution in [0.1, 0.15) is 31.2 Å². The minimum atomic E-state index is -1.07. The van der Waals surface area contributed by atoms with Gasteiger partial charge in [0.1, 0.15) is 5.82 Å². The zero-order valence-electron chi connectivity index (χ0n) is 8.67. The molecule has 0 heterocycles. The van der Waals surface area contributed by atoms with Crippen LogP contribution in [0.25, 0.3) is 0 Å². The highest BCUT2D eigenvalue weighted by molar-refractivity contribution is 6.30. The van der Waals surface area contributed by atoms with Crippen molar-refractivity contribution in [3.05, 3.63) is 34.6 Å². The van der Waals surface area contributed by atoms with Crippen LogP contribution in [0.5, 0.6) is 0 Å². The average Bonchev–Trinajstić information content (AvgIpc) is 2.72. The van der Waals surface area contributed by atoms with Crippen molar-refractivity contribution < 1.29 is 14.3 Å². The lowest BCUT2D eigenvalue weighted by Gasteiger charge is -2.25. The summed E-state index contributed by atoms with van der Waals surface area (Å²) in [5.41, 5.74) is -0.848. The van der Waals surface area contributed by atoms with E-state index in [0.29, 0.717) is 12.8 Å². The molecule has 1 fully saturated rings. The predicted octanol–water partition coefficient (Wildman–Crippen LogP) is 3.38. The molecule has 0 amide bonds. The summed E-state index contributed by atoms with van der Waals surface area (Å²) in [7, 11) is 0. The molecule has 4 heteroatoms. The molecule has 86 valence electrons. The van der Waals surface area contributed by atoms with Crippen molar-refractivity contribution in [3.8, 4) is 0 Å². The van der Waals surface area contributed by atoms with E-state index in [0.717, 1.165) is 12.8 Å². The Morgan fingerprint density at radius 2 is 2.00 bits per heavy atom. The SMILES string of the molecule is O=C(O)C1(c2cccc(Cl)c2F)CCCC1. The van der Waals surface area contributed by atoms with E-state index in [2.05, 4.69) is 0 Å². The molecule has 1 saturated carbocycles. The van der Waals surface area contributed by atoms with E-state index in [1.807, 2.05) is 0 Å². The quantitative estimate of drug-likeness (QED) is 0.863. The molecule has 0 atom stereocenters. The zero-order valence-corrected chi connectivity index (χ0v) is 9.43. The summed E-state index contributed by atoms with van der Waals surface area (Å²) in [6.45, 7) is 0. The van der Waals surface area contributed by atoms with Gasteiger partial charge in [0.2, 0.25) is 0 Å². The number of carboxylic acid groups (broad SMARTS) is 1. The van der Waals surface area contributed by atoms with Crippen molar-refractivity contribution in [3.63, 3.8) is 0 Å². The third kappa shape index (κ3) is 1.59. The summed E-state index contributed by atoms with van der Waals surface area (Å²) in [6.07, 6.45) is 2.61. The van der Waals surface area contributed by atoms with E-state index in [1.54, 1.807) is 6.07 Å². The second-order valence-electron chi connectivity index (χ2n) is 4.20. The number of carboxylic acids is 1. The van der Waals surface area contributed by atoms with Gasteiger partial charge in [-0.3, -0.25) is 4.79 Å². The van der Waals surface area contributed by atoms with Gasteiger partial charge in [0, 0.05) is 5.56 Å². The van der Waals surface area contributed by atoms with Gasteiger partial charge in [-0.15, -0.1) is 0 Å². The number of rotatable bonds is 2. The Morgan fingerprint density at radius 3 is 2.56 bits per heavy atom. The topological polar surface area (TPSA) is 37.3 Å². The summed E-state index contributed by atoms with van der Waals surface area (Å²) >= 11 is 5.69. The van der Waals surface area contributed by atoms with Gasteiger partial charge in [-0.25, -0.2) is 4.39 Å². The van der Waals surface area contributed by atoms with Gasteiger partial charge in [-0.05, 0) is 18.9 Å². The van der Waals surface area contributed by atoms with E-state index in [-0.39, 0.29) is 10.6 Å². The molecule has 16 heavy (non-hydrogen) atoms. The molecule has 0 saturated heterocycles. The number of aliphatic carboxylic acids is 1. The summed E-state index contributed by atoms with van der Waals surface area (Å²) in [4.78, 5) is 11.4. The first-order valence-corrected chi connectivity index (χ1v) is 5.63. The highest BCUT2D eigenvalue weighted by Gasteiger charge is 2.44. The van der Waals surface area contributed by atoms with Crippen molar-refractivity contribution in [1.29, 1.82) is 0 Å². The second kappa shape index (κ2) is 4.06. The Balaban J connectivity index is 2.56. The lowest BCUT2D eigenvalue weighted by Crippen LogP contribution is -2.33. The lowest BCUT2D eigenvalue weighted by atomic mass is 9.78. The van der Waals surface area contributed by atoms with Crippen LogP contribution in [-0.4, -0.2) is 11.1 Å². The highest BCUT2D eigenvalue weighted by Crippen LogP contribution is 2.43. The molecule has 0 bridgehead atoms. The molecule has 1 aliphatic rings. The Morgan fingerprint density at radius 1 is 1.38 bits per heavy atom. The van der Waals surface area contributed by atoms with Gasteiger partial charge < -0.3 is 5.11 Å². The van der Waals surface area contributed by atoms with Gasteiger partial charge in [0.05, 0.1) is 10.4 Å². The molecule has 0 aromatic heterocycles. The third-order valence-corrected chi connectivity index (χ3v) is 3.63.